The summed E-state index contributed by atoms with van der Waals surface area (Å²) in [4.78, 5) is 14.7. The van der Waals surface area contributed by atoms with Crippen molar-refractivity contribution in [3.05, 3.63) is 24.0 Å². The van der Waals surface area contributed by atoms with Gasteiger partial charge in [0.2, 0.25) is 6.41 Å². The van der Waals surface area contributed by atoms with Crippen molar-refractivity contribution in [2.75, 3.05) is 43.4 Å². The molecule has 1 saturated heterocycles. The third kappa shape index (κ3) is 2.55. The van der Waals surface area contributed by atoms with Crippen LogP contribution >= 0.6 is 0 Å². The van der Waals surface area contributed by atoms with Crippen LogP contribution in [0.5, 0.6) is 0 Å². The van der Waals surface area contributed by atoms with E-state index in [1.54, 1.807) is 12.1 Å². The molecule has 1 heterocycles. The molecule has 0 saturated carbocycles. The summed E-state index contributed by atoms with van der Waals surface area (Å²) >= 11 is 0. The topological polar surface area (TPSA) is 35.6 Å². The molecule has 0 unspecified atom stereocenters. The summed E-state index contributed by atoms with van der Waals surface area (Å²) in [7, 11) is 2.04. The number of benzene rings is 1. The summed E-state index contributed by atoms with van der Waals surface area (Å²) in [6, 6.07) is 4.73. The third-order valence-electron chi connectivity index (χ3n) is 3.02. The Bertz CT molecular complexity index is 403. The molecule has 1 aromatic rings. The number of carbonyl (C=O) groups is 1. The number of rotatable bonds is 3. The van der Waals surface area contributed by atoms with Crippen LogP contribution in [0.25, 0.3) is 0 Å². The summed E-state index contributed by atoms with van der Waals surface area (Å²) in [6.45, 7) is 3.33. The maximum absolute atomic E-state index is 13.8. The number of anilines is 2. The number of nitrogens with one attached hydrogen (secondary N) is 1. The standard InChI is InChI=1S/C12H16FN3O/c1-15-5-7-16(8-6-15)12-10(13)3-2-4-11(12)14-9-17/h2-4,9H,5-8H2,1H3,(H,14,17). The van der Waals surface area contributed by atoms with E-state index < -0.39 is 0 Å². The molecule has 5 heteroatoms. The van der Waals surface area contributed by atoms with Crippen molar-refractivity contribution in [2.24, 2.45) is 0 Å². The van der Waals surface area contributed by atoms with Crippen molar-refractivity contribution >= 4 is 17.8 Å². The Balaban J connectivity index is 2.26. The van der Waals surface area contributed by atoms with Gasteiger partial charge in [-0.05, 0) is 19.2 Å². The zero-order valence-electron chi connectivity index (χ0n) is 9.82. The van der Waals surface area contributed by atoms with Gasteiger partial charge in [-0.3, -0.25) is 4.79 Å². The molecule has 4 nitrogen and oxygen atoms in total. The second-order valence-corrected chi connectivity index (χ2v) is 4.19. The normalized spacial score (nSPS) is 16.9. The van der Waals surface area contributed by atoms with E-state index in [1.807, 2.05) is 11.9 Å². The van der Waals surface area contributed by atoms with Crippen LogP contribution in [-0.4, -0.2) is 44.5 Å². The van der Waals surface area contributed by atoms with Gasteiger partial charge in [0, 0.05) is 26.2 Å². The second-order valence-electron chi connectivity index (χ2n) is 4.19. The number of hydrogen-bond donors (Lipinski definition) is 1. The smallest absolute Gasteiger partial charge is 0.211 e. The van der Waals surface area contributed by atoms with E-state index in [1.165, 1.54) is 6.07 Å². The molecular weight excluding hydrogens is 221 g/mol. The van der Waals surface area contributed by atoms with Crippen molar-refractivity contribution < 1.29 is 9.18 Å². The fourth-order valence-corrected chi connectivity index (χ4v) is 2.05. The van der Waals surface area contributed by atoms with Crippen LogP contribution in [-0.2, 0) is 4.79 Å². The minimum atomic E-state index is -0.290. The van der Waals surface area contributed by atoms with Gasteiger partial charge in [-0.15, -0.1) is 0 Å². The summed E-state index contributed by atoms with van der Waals surface area (Å²) < 4.78 is 13.8. The van der Waals surface area contributed by atoms with Crippen LogP contribution in [0, 0.1) is 5.82 Å². The van der Waals surface area contributed by atoms with Gasteiger partial charge in [-0.25, -0.2) is 4.39 Å². The highest BCUT2D eigenvalue weighted by atomic mass is 19.1. The van der Waals surface area contributed by atoms with Crippen LogP contribution < -0.4 is 10.2 Å². The number of halogens is 1. The zero-order valence-corrected chi connectivity index (χ0v) is 9.82. The lowest BCUT2D eigenvalue weighted by molar-refractivity contribution is -0.105. The largest absolute Gasteiger partial charge is 0.365 e. The number of likely N-dealkylation sites (N-methyl/N-ethyl adjacent to an activating group) is 1. The minimum Gasteiger partial charge on any atom is -0.365 e. The maximum Gasteiger partial charge on any atom is 0.211 e. The van der Waals surface area contributed by atoms with Gasteiger partial charge in [0.1, 0.15) is 5.82 Å². The van der Waals surface area contributed by atoms with E-state index in [9.17, 15) is 9.18 Å². The van der Waals surface area contributed by atoms with Crippen molar-refractivity contribution in [1.29, 1.82) is 0 Å². The highest BCUT2D eigenvalue weighted by molar-refractivity contribution is 5.81. The molecule has 0 aliphatic carbocycles. The molecule has 0 radical (unpaired) electrons. The molecule has 0 atom stereocenters. The first-order chi connectivity index (χ1) is 8.22. The van der Waals surface area contributed by atoms with Crippen LogP contribution in [0.3, 0.4) is 0 Å². The third-order valence-corrected chi connectivity index (χ3v) is 3.02. The Labute approximate surface area is 100 Å². The average Bonchev–Trinajstić information content (AvgIpc) is 2.32. The lowest BCUT2D eigenvalue weighted by Crippen LogP contribution is -2.45. The molecular formula is C12H16FN3O. The van der Waals surface area contributed by atoms with E-state index in [0.29, 0.717) is 17.8 Å². The molecule has 0 spiro atoms. The predicted octanol–water partition coefficient (Wildman–Crippen LogP) is 1.15. The fourth-order valence-electron chi connectivity index (χ4n) is 2.05. The molecule has 0 bridgehead atoms. The monoisotopic (exact) mass is 237 g/mol. The molecule has 1 N–H and O–H groups in total. The van der Waals surface area contributed by atoms with Gasteiger partial charge in [-0.1, -0.05) is 6.07 Å². The molecule has 17 heavy (non-hydrogen) atoms. The first-order valence-corrected chi connectivity index (χ1v) is 5.64. The molecule has 1 amide bonds. The first kappa shape index (κ1) is 11.9. The van der Waals surface area contributed by atoms with Gasteiger partial charge in [0.15, 0.2) is 0 Å². The van der Waals surface area contributed by atoms with Crippen molar-refractivity contribution in [3.8, 4) is 0 Å². The quantitative estimate of drug-likeness (QED) is 0.801. The molecule has 1 aliphatic heterocycles. The molecule has 0 aromatic heterocycles. The van der Waals surface area contributed by atoms with Gasteiger partial charge < -0.3 is 15.1 Å². The highest BCUT2D eigenvalue weighted by Gasteiger charge is 2.20. The molecule has 92 valence electrons. The fraction of sp³-hybridized carbons (Fsp3) is 0.417. The summed E-state index contributed by atoms with van der Waals surface area (Å²) in [5.74, 6) is -0.290. The number of piperazine rings is 1. The van der Waals surface area contributed by atoms with Crippen LogP contribution in [0.2, 0.25) is 0 Å². The van der Waals surface area contributed by atoms with E-state index >= 15 is 0 Å². The van der Waals surface area contributed by atoms with Crippen LogP contribution in [0.4, 0.5) is 15.8 Å². The molecule has 1 aromatic carbocycles. The average molecular weight is 237 g/mol. The Morgan fingerprint density at radius 3 is 2.65 bits per heavy atom. The Morgan fingerprint density at radius 2 is 2.00 bits per heavy atom. The van der Waals surface area contributed by atoms with Gasteiger partial charge in [-0.2, -0.15) is 0 Å². The number of carbonyl (C=O) groups excluding carboxylic acids is 1. The number of para-hydroxylation sites is 1. The van der Waals surface area contributed by atoms with Gasteiger partial charge in [0.25, 0.3) is 0 Å². The van der Waals surface area contributed by atoms with Crippen molar-refractivity contribution in [1.82, 2.24) is 4.90 Å². The van der Waals surface area contributed by atoms with E-state index in [-0.39, 0.29) is 5.82 Å². The molecule has 1 fully saturated rings. The number of hydrogen-bond acceptors (Lipinski definition) is 3. The Kier molecular flexibility index (Phi) is 3.58. The minimum absolute atomic E-state index is 0.290. The van der Waals surface area contributed by atoms with Crippen molar-refractivity contribution in [2.45, 2.75) is 0 Å². The van der Waals surface area contributed by atoms with Crippen LogP contribution in [0.1, 0.15) is 0 Å². The lowest BCUT2D eigenvalue weighted by atomic mass is 10.2. The summed E-state index contributed by atoms with van der Waals surface area (Å²) in [5, 5.41) is 2.55. The van der Waals surface area contributed by atoms with Crippen LogP contribution in [0.15, 0.2) is 18.2 Å². The lowest BCUT2D eigenvalue weighted by Gasteiger charge is -2.35. The Hall–Kier alpha value is -1.62. The molecule has 1 aliphatic rings. The van der Waals surface area contributed by atoms with E-state index in [2.05, 4.69) is 10.2 Å². The first-order valence-electron chi connectivity index (χ1n) is 5.64. The number of nitrogens with zero attached hydrogens (tertiary/aromatic N) is 2. The van der Waals surface area contributed by atoms with E-state index in [4.69, 9.17) is 0 Å². The Morgan fingerprint density at radius 1 is 1.29 bits per heavy atom. The number of amides is 1. The highest BCUT2D eigenvalue weighted by Crippen LogP contribution is 2.29. The zero-order chi connectivity index (χ0) is 12.3. The van der Waals surface area contributed by atoms with Crippen molar-refractivity contribution in [3.63, 3.8) is 0 Å². The maximum atomic E-state index is 13.8. The summed E-state index contributed by atoms with van der Waals surface area (Å²) in [5.41, 5.74) is 1.03. The van der Waals surface area contributed by atoms with Gasteiger partial charge >= 0.3 is 0 Å². The summed E-state index contributed by atoms with van der Waals surface area (Å²) in [6.07, 6.45) is 0.578. The van der Waals surface area contributed by atoms with E-state index in [0.717, 1.165) is 26.2 Å². The molecule has 2 rings (SSSR count). The SMILES string of the molecule is CN1CCN(c2c(F)cccc2NC=O)CC1. The predicted molar refractivity (Wildman–Crippen MR) is 65.8 cm³/mol. The second kappa shape index (κ2) is 5.14. The van der Waals surface area contributed by atoms with Gasteiger partial charge in [0.05, 0.1) is 11.4 Å².